The minimum absolute atomic E-state index is 0.618. The number of hydrogen-bond acceptors (Lipinski definition) is 5. The minimum Gasteiger partial charge on any atom is -0.383 e. The predicted molar refractivity (Wildman–Crippen MR) is 79.4 cm³/mol. The Morgan fingerprint density at radius 1 is 1.21 bits per heavy atom. The molecule has 1 aliphatic rings. The lowest BCUT2D eigenvalue weighted by Gasteiger charge is -2.38. The summed E-state index contributed by atoms with van der Waals surface area (Å²) in [5.41, 5.74) is 7.12. The molecule has 0 amide bonds. The molecule has 0 atom stereocenters. The van der Waals surface area contributed by atoms with Gasteiger partial charge in [-0.2, -0.15) is 0 Å². The highest BCUT2D eigenvalue weighted by atomic mass is 15.3. The van der Waals surface area contributed by atoms with Crippen molar-refractivity contribution >= 4 is 11.6 Å². The van der Waals surface area contributed by atoms with E-state index in [-0.39, 0.29) is 0 Å². The van der Waals surface area contributed by atoms with Gasteiger partial charge in [0.2, 0.25) is 0 Å². The summed E-state index contributed by atoms with van der Waals surface area (Å²) in [6.45, 7) is 10.9. The molecule has 0 radical (unpaired) electrons. The summed E-state index contributed by atoms with van der Waals surface area (Å²) >= 11 is 0. The van der Waals surface area contributed by atoms with Gasteiger partial charge in [-0.3, -0.25) is 4.90 Å². The molecular formula is C14H25N5. The zero-order valence-corrected chi connectivity index (χ0v) is 12.3. The van der Waals surface area contributed by atoms with Gasteiger partial charge in [0.1, 0.15) is 18.0 Å². The summed E-state index contributed by atoms with van der Waals surface area (Å²) in [5, 5.41) is 0. The number of nitrogens with two attached hydrogens (primary N) is 1. The molecule has 2 heterocycles. The lowest BCUT2D eigenvalue weighted by Crippen LogP contribution is -2.49. The molecule has 106 valence electrons. The predicted octanol–water partition coefficient (Wildman–Crippen LogP) is 1.54. The van der Waals surface area contributed by atoms with Crippen molar-refractivity contribution in [1.82, 2.24) is 14.9 Å². The molecule has 0 aromatic carbocycles. The number of hydrogen-bond donors (Lipinski definition) is 1. The van der Waals surface area contributed by atoms with E-state index in [4.69, 9.17) is 5.73 Å². The zero-order chi connectivity index (χ0) is 13.8. The maximum absolute atomic E-state index is 6.00. The molecule has 2 N–H and O–H groups in total. The standard InChI is InChI=1S/C14H25N5/c1-4-5-12-13(15)16-10-17-14(12)19-8-6-18(7-9-19)11(2)3/h10-11H,4-9H2,1-3H3,(H2,15,16,17). The van der Waals surface area contributed by atoms with Crippen LogP contribution in [0, 0.1) is 0 Å². The second-order valence-electron chi connectivity index (χ2n) is 5.43. The molecule has 1 saturated heterocycles. The summed E-state index contributed by atoms with van der Waals surface area (Å²) in [6.07, 6.45) is 3.60. The molecule has 0 spiro atoms. The molecule has 0 bridgehead atoms. The van der Waals surface area contributed by atoms with E-state index in [0.717, 1.165) is 50.4 Å². The third kappa shape index (κ3) is 3.15. The molecule has 1 fully saturated rings. The van der Waals surface area contributed by atoms with E-state index >= 15 is 0 Å². The smallest absolute Gasteiger partial charge is 0.137 e. The Balaban J connectivity index is 2.13. The number of rotatable bonds is 4. The average molecular weight is 263 g/mol. The van der Waals surface area contributed by atoms with Crippen LogP contribution in [0.5, 0.6) is 0 Å². The van der Waals surface area contributed by atoms with Crippen molar-refractivity contribution in [3.8, 4) is 0 Å². The van der Waals surface area contributed by atoms with Crippen LogP contribution in [-0.4, -0.2) is 47.1 Å². The fourth-order valence-electron chi connectivity index (χ4n) is 2.63. The van der Waals surface area contributed by atoms with E-state index in [9.17, 15) is 0 Å². The molecule has 0 saturated carbocycles. The average Bonchev–Trinajstić information content (AvgIpc) is 2.41. The molecule has 0 aliphatic carbocycles. The van der Waals surface area contributed by atoms with Crippen molar-refractivity contribution < 1.29 is 0 Å². The Morgan fingerprint density at radius 3 is 2.47 bits per heavy atom. The highest BCUT2D eigenvalue weighted by molar-refractivity contribution is 5.56. The molecule has 2 rings (SSSR count). The Bertz CT molecular complexity index is 410. The topological polar surface area (TPSA) is 58.3 Å². The van der Waals surface area contributed by atoms with E-state index in [0.29, 0.717) is 11.9 Å². The number of piperazine rings is 1. The summed E-state index contributed by atoms with van der Waals surface area (Å²) < 4.78 is 0. The van der Waals surface area contributed by atoms with Crippen molar-refractivity contribution in [2.45, 2.75) is 39.7 Å². The van der Waals surface area contributed by atoms with Crippen molar-refractivity contribution in [2.24, 2.45) is 0 Å². The lowest BCUT2D eigenvalue weighted by molar-refractivity contribution is 0.209. The van der Waals surface area contributed by atoms with E-state index in [1.165, 1.54) is 0 Å². The molecule has 5 heteroatoms. The van der Waals surface area contributed by atoms with Gasteiger partial charge in [-0.1, -0.05) is 13.3 Å². The summed E-state index contributed by atoms with van der Waals surface area (Å²) in [4.78, 5) is 13.4. The number of anilines is 2. The number of nitrogen functional groups attached to an aromatic ring is 1. The summed E-state index contributed by atoms with van der Waals surface area (Å²) in [7, 11) is 0. The fraction of sp³-hybridized carbons (Fsp3) is 0.714. The van der Waals surface area contributed by atoms with Crippen LogP contribution in [0.25, 0.3) is 0 Å². The first-order chi connectivity index (χ1) is 9.13. The van der Waals surface area contributed by atoms with Gasteiger partial charge in [0.15, 0.2) is 0 Å². The summed E-state index contributed by atoms with van der Waals surface area (Å²) in [6, 6.07) is 0.618. The van der Waals surface area contributed by atoms with Crippen LogP contribution in [0.15, 0.2) is 6.33 Å². The van der Waals surface area contributed by atoms with Gasteiger partial charge in [0, 0.05) is 37.8 Å². The molecule has 0 unspecified atom stereocenters. The first-order valence-corrected chi connectivity index (χ1v) is 7.21. The van der Waals surface area contributed by atoms with Crippen LogP contribution >= 0.6 is 0 Å². The normalized spacial score (nSPS) is 17.2. The second kappa shape index (κ2) is 6.19. The van der Waals surface area contributed by atoms with E-state index in [2.05, 4.69) is 40.5 Å². The van der Waals surface area contributed by atoms with Gasteiger partial charge in [0.25, 0.3) is 0 Å². The first-order valence-electron chi connectivity index (χ1n) is 7.21. The molecule has 5 nitrogen and oxygen atoms in total. The van der Waals surface area contributed by atoms with Crippen LogP contribution in [0.3, 0.4) is 0 Å². The quantitative estimate of drug-likeness (QED) is 0.893. The Hall–Kier alpha value is -1.36. The van der Waals surface area contributed by atoms with Gasteiger partial charge >= 0.3 is 0 Å². The maximum Gasteiger partial charge on any atom is 0.137 e. The summed E-state index contributed by atoms with van der Waals surface area (Å²) in [5.74, 6) is 1.68. The minimum atomic E-state index is 0.618. The van der Waals surface area contributed by atoms with Gasteiger partial charge in [0.05, 0.1) is 0 Å². The molecule has 1 aromatic heterocycles. The Morgan fingerprint density at radius 2 is 1.89 bits per heavy atom. The van der Waals surface area contributed by atoms with Crippen molar-refractivity contribution in [3.05, 3.63) is 11.9 Å². The van der Waals surface area contributed by atoms with E-state index in [1.807, 2.05) is 0 Å². The Labute approximate surface area is 115 Å². The van der Waals surface area contributed by atoms with Crippen LogP contribution in [0.4, 0.5) is 11.6 Å². The van der Waals surface area contributed by atoms with Gasteiger partial charge in [-0.05, 0) is 20.3 Å². The van der Waals surface area contributed by atoms with Gasteiger partial charge in [-0.25, -0.2) is 9.97 Å². The monoisotopic (exact) mass is 263 g/mol. The zero-order valence-electron chi connectivity index (χ0n) is 12.3. The lowest BCUT2D eigenvalue weighted by atomic mass is 10.1. The molecular weight excluding hydrogens is 238 g/mol. The van der Waals surface area contributed by atoms with Gasteiger partial charge in [-0.15, -0.1) is 0 Å². The second-order valence-corrected chi connectivity index (χ2v) is 5.43. The van der Waals surface area contributed by atoms with Gasteiger partial charge < -0.3 is 10.6 Å². The fourth-order valence-corrected chi connectivity index (χ4v) is 2.63. The van der Waals surface area contributed by atoms with E-state index in [1.54, 1.807) is 6.33 Å². The third-order valence-electron chi connectivity index (χ3n) is 3.80. The van der Waals surface area contributed by atoms with E-state index < -0.39 is 0 Å². The van der Waals surface area contributed by atoms with Crippen LogP contribution in [0.1, 0.15) is 32.8 Å². The van der Waals surface area contributed by atoms with Crippen molar-refractivity contribution in [2.75, 3.05) is 36.8 Å². The number of nitrogens with zero attached hydrogens (tertiary/aromatic N) is 4. The number of aromatic nitrogens is 2. The van der Waals surface area contributed by atoms with Crippen LogP contribution < -0.4 is 10.6 Å². The SMILES string of the molecule is CCCc1c(N)ncnc1N1CCN(C(C)C)CC1. The molecule has 1 aliphatic heterocycles. The third-order valence-corrected chi connectivity index (χ3v) is 3.80. The molecule has 19 heavy (non-hydrogen) atoms. The maximum atomic E-state index is 6.00. The van der Waals surface area contributed by atoms with Crippen LogP contribution in [0.2, 0.25) is 0 Å². The molecule has 1 aromatic rings. The van der Waals surface area contributed by atoms with Crippen LogP contribution in [-0.2, 0) is 6.42 Å². The largest absolute Gasteiger partial charge is 0.383 e. The first kappa shape index (κ1) is 14.1. The van der Waals surface area contributed by atoms with Crippen molar-refractivity contribution in [1.29, 1.82) is 0 Å². The van der Waals surface area contributed by atoms with Crippen molar-refractivity contribution in [3.63, 3.8) is 0 Å². The Kier molecular flexibility index (Phi) is 4.58. The highest BCUT2D eigenvalue weighted by Crippen LogP contribution is 2.24. The highest BCUT2D eigenvalue weighted by Gasteiger charge is 2.22.